The van der Waals surface area contributed by atoms with Crippen molar-refractivity contribution >= 4 is 34.9 Å². The molecule has 0 spiro atoms. The van der Waals surface area contributed by atoms with Crippen LogP contribution in [0, 0.1) is 0 Å². The molecule has 1 fully saturated rings. The molecule has 8 heteroatoms. The fraction of sp³-hybridized carbons (Fsp3) is 0.312. The Kier molecular flexibility index (Phi) is 5.17. The number of carboxylic acids is 1. The van der Waals surface area contributed by atoms with Crippen LogP contribution in [-0.4, -0.2) is 60.0 Å². The molecule has 126 valence electrons. The first-order valence-electron chi connectivity index (χ1n) is 7.42. The summed E-state index contributed by atoms with van der Waals surface area (Å²) in [5.74, 6) is -0.933. The van der Waals surface area contributed by atoms with Gasteiger partial charge in [-0.2, -0.15) is 4.99 Å². The predicted molar refractivity (Wildman–Crippen MR) is 90.0 cm³/mol. The lowest BCUT2D eigenvalue weighted by Gasteiger charge is -2.27. The molecule has 1 saturated heterocycles. The molecule has 0 atom stereocenters. The van der Waals surface area contributed by atoms with E-state index in [1.165, 1.54) is 11.8 Å². The van der Waals surface area contributed by atoms with Crippen molar-refractivity contribution in [3.05, 3.63) is 34.7 Å². The monoisotopic (exact) mass is 348 g/mol. The van der Waals surface area contributed by atoms with E-state index in [0.29, 0.717) is 47.7 Å². The molecular formula is C16H16N2O5S. The number of hydrogen-bond donors (Lipinski definition) is 1. The summed E-state index contributed by atoms with van der Waals surface area (Å²) >= 11 is 1.31. The van der Waals surface area contributed by atoms with Crippen LogP contribution in [0.5, 0.6) is 5.75 Å². The summed E-state index contributed by atoms with van der Waals surface area (Å²) < 4.78 is 10.6. The number of carbonyl (C=O) groups is 2. The number of thioether (sulfide) groups is 1. The standard InChI is InChI=1S/C16H16N2O5S/c19-14(20)10-23-12-4-2-1-3-11(12)9-13-15(21)17-16(24-13)18-5-7-22-8-6-18/h1-4,9H,5-8,10H2,(H,19,20)/b13-9+. The average Bonchev–Trinajstić information content (AvgIpc) is 2.96. The number of aliphatic carboxylic acids is 1. The second-order valence-electron chi connectivity index (χ2n) is 5.13. The number of amidine groups is 1. The second-order valence-corrected chi connectivity index (χ2v) is 6.14. The molecule has 1 aromatic carbocycles. The van der Waals surface area contributed by atoms with Gasteiger partial charge in [0.05, 0.1) is 18.1 Å². The second kappa shape index (κ2) is 7.50. The molecular weight excluding hydrogens is 332 g/mol. The van der Waals surface area contributed by atoms with Crippen molar-refractivity contribution in [3.63, 3.8) is 0 Å². The van der Waals surface area contributed by atoms with Gasteiger partial charge < -0.3 is 19.5 Å². The third kappa shape index (κ3) is 3.95. The number of hydrogen-bond acceptors (Lipinski definition) is 6. The number of amides is 1. The van der Waals surface area contributed by atoms with E-state index in [9.17, 15) is 9.59 Å². The lowest BCUT2D eigenvalue weighted by Crippen LogP contribution is -2.38. The van der Waals surface area contributed by atoms with Gasteiger partial charge in [0.1, 0.15) is 5.75 Å². The van der Waals surface area contributed by atoms with Gasteiger partial charge in [-0.25, -0.2) is 4.79 Å². The zero-order valence-corrected chi connectivity index (χ0v) is 13.6. The van der Waals surface area contributed by atoms with E-state index in [2.05, 4.69) is 4.99 Å². The van der Waals surface area contributed by atoms with E-state index in [1.807, 2.05) is 4.90 Å². The van der Waals surface area contributed by atoms with Crippen LogP contribution < -0.4 is 4.74 Å². The highest BCUT2D eigenvalue weighted by atomic mass is 32.2. The number of para-hydroxylation sites is 1. The summed E-state index contributed by atoms with van der Waals surface area (Å²) in [4.78, 5) is 29.4. The predicted octanol–water partition coefficient (Wildman–Crippen LogP) is 1.45. The van der Waals surface area contributed by atoms with Crippen LogP contribution in [0.1, 0.15) is 5.56 Å². The number of rotatable bonds is 4. The molecule has 0 radical (unpaired) electrons. The van der Waals surface area contributed by atoms with Crippen molar-refractivity contribution in [3.8, 4) is 5.75 Å². The van der Waals surface area contributed by atoms with Gasteiger partial charge in [-0.1, -0.05) is 18.2 Å². The lowest BCUT2D eigenvalue weighted by molar-refractivity contribution is -0.139. The Bertz CT molecular complexity index is 710. The number of aliphatic imine (C=N–C) groups is 1. The van der Waals surface area contributed by atoms with Crippen LogP contribution in [-0.2, 0) is 14.3 Å². The molecule has 2 heterocycles. The van der Waals surface area contributed by atoms with Gasteiger partial charge in [0.15, 0.2) is 11.8 Å². The smallest absolute Gasteiger partial charge is 0.341 e. The van der Waals surface area contributed by atoms with Gasteiger partial charge in [-0.3, -0.25) is 4.79 Å². The molecule has 2 aliphatic rings. The largest absolute Gasteiger partial charge is 0.481 e. The van der Waals surface area contributed by atoms with Crippen molar-refractivity contribution in [2.24, 2.45) is 4.99 Å². The molecule has 24 heavy (non-hydrogen) atoms. The maximum Gasteiger partial charge on any atom is 0.341 e. The topological polar surface area (TPSA) is 88.4 Å². The molecule has 7 nitrogen and oxygen atoms in total. The fourth-order valence-corrected chi connectivity index (χ4v) is 3.26. The van der Waals surface area contributed by atoms with Crippen molar-refractivity contribution in [1.82, 2.24) is 4.90 Å². The quantitative estimate of drug-likeness (QED) is 0.824. The van der Waals surface area contributed by atoms with Gasteiger partial charge in [-0.15, -0.1) is 0 Å². The number of carbonyl (C=O) groups excluding carboxylic acids is 1. The third-order valence-corrected chi connectivity index (χ3v) is 4.49. The Morgan fingerprint density at radius 2 is 2.12 bits per heavy atom. The summed E-state index contributed by atoms with van der Waals surface area (Å²) in [6.45, 7) is 2.24. The summed E-state index contributed by atoms with van der Waals surface area (Å²) in [5, 5.41) is 9.42. The molecule has 1 amide bonds. The first-order chi connectivity index (χ1) is 11.6. The molecule has 0 saturated carbocycles. The summed E-state index contributed by atoms with van der Waals surface area (Å²) in [6, 6.07) is 6.99. The Labute approximate surface area is 143 Å². The highest BCUT2D eigenvalue weighted by molar-refractivity contribution is 8.18. The number of nitrogens with zero attached hydrogens (tertiary/aromatic N) is 2. The molecule has 0 unspecified atom stereocenters. The summed E-state index contributed by atoms with van der Waals surface area (Å²) in [7, 11) is 0. The zero-order chi connectivity index (χ0) is 16.9. The molecule has 1 N–H and O–H groups in total. The van der Waals surface area contributed by atoms with Crippen LogP contribution in [0.25, 0.3) is 6.08 Å². The van der Waals surface area contributed by atoms with E-state index in [0.717, 1.165) is 0 Å². The molecule has 0 bridgehead atoms. The average molecular weight is 348 g/mol. The number of carboxylic acid groups (broad SMARTS) is 1. The van der Waals surface area contributed by atoms with Crippen LogP contribution in [0.4, 0.5) is 0 Å². The van der Waals surface area contributed by atoms with Crippen LogP contribution >= 0.6 is 11.8 Å². The molecule has 1 aromatic rings. The van der Waals surface area contributed by atoms with Crippen molar-refractivity contribution in [2.75, 3.05) is 32.9 Å². The van der Waals surface area contributed by atoms with Crippen LogP contribution in [0.15, 0.2) is 34.2 Å². The fourth-order valence-electron chi connectivity index (χ4n) is 2.30. The van der Waals surface area contributed by atoms with Gasteiger partial charge in [0.25, 0.3) is 5.91 Å². The van der Waals surface area contributed by atoms with Gasteiger partial charge >= 0.3 is 5.97 Å². The van der Waals surface area contributed by atoms with E-state index in [1.54, 1.807) is 30.3 Å². The van der Waals surface area contributed by atoms with E-state index in [4.69, 9.17) is 14.6 Å². The Hall–Kier alpha value is -2.32. The zero-order valence-electron chi connectivity index (χ0n) is 12.8. The molecule has 0 aromatic heterocycles. The number of ether oxygens (including phenoxy) is 2. The third-order valence-electron chi connectivity index (χ3n) is 3.45. The first kappa shape index (κ1) is 16.5. The summed E-state index contributed by atoms with van der Waals surface area (Å²) in [6.07, 6.45) is 1.68. The summed E-state index contributed by atoms with van der Waals surface area (Å²) in [5.41, 5.74) is 0.646. The maximum absolute atomic E-state index is 12.1. The Morgan fingerprint density at radius 3 is 2.88 bits per heavy atom. The van der Waals surface area contributed by atoms with Crippen LogP contribution in [0.3, 0.4) is 0 Å². The Morgan fingerprint density at radius 1 is 1.38 bits per heavy atom. The van der Waals surface area contributed by atoms with Gasteiger partial charge in [0.2, 0.25) is 0 Å². The van der Waals surface area contributed by atoms with Gasteiger partial charge in [0, 0.05) is 18.7 Å². The first-order valence-corrected chi connectivity index (χ1v) is 8.24. The highest BCUT2D eigenvalue weighted by Gasteiger charge is 2.27. The minimum atomic E-state index is -1.05. The van der Waals surface area contributed by atoms with E-state index < -0.39 is 12.6 Å². The van der Waals surface area contributed by atoms with E-state index >= 15 is 0 Å². The number of morpholine rings is 1. The number of benzene rings is 1. The molecule has 3 rings (SSSR count). The van der Waals surface area contributed by atoms with Crippen LogP contribution in [0.2, 0.25) is 0 Å². The Balaban J connectivity index is 1.75. The lowest BCUT2D eigenvalue weighted by atomic mass is 10.2. The highest BCUT2D eigenvalue weighted by Crippen LogP contribution is 2.32. The van der Waals surface area contributed by atoms with Gasteiger partial charge in [-0.05, 0) is 23.9 Å². The van der Waals surface area contributed by atoms with Crippen molar-refractivity contribution in [2.45, 2.75) is 0 Å². The SMILES string of the molecule is O=C(O)COc1ccccc1/C=C1/SC(N2CCOCC2)=NC1=O. The molecule has 2 aliphatic heterocycles. The molecule has 0 aliphatic carbocycles. The van der Waals surface area contributed by atoms with E-state index in [-0.39, 0.29) is 5.91 Å². The minimum absolute atomic E-state index is 0.297. The maximum atomic E-state index is 12.1. The minimum Gasteiger partial charge on any atom is -0.481 e. The van der Waals surface area contributed by atoms with Crippen molar-refractivity contribution in [1.29, 1.82) is 0 Å². The van der Waals surface area contributed by atoms with Crippen molar-refractivity contribution < 1.29 is 24.2 Å². The normalized spacial score (nSPS) is 19.5.